The van der Waals surface area contributed by atoms with Crippen molar-refractivity contribution in [2.24, 2.45) is 0 Å². The number of furan rings is 1. The Kier molecular flexibility index (Phi) is 7.64. The van der Waals surface area contributed by atoms with Gasteiger partial charge in [-0.15, -0.1) is 0 Å². The summed E-state index contributed by atoms with van der Waals surface area (Å²) in [6.45, 7) is 9.19. The Hall–Kier alpha value is -6.64. The SMILES string of the molecule is Cc1cc(C)c2c(c1)C(C)(C)c1ccc(-c3cccc(N(c4ccc(-c5cccc6c5oc5ccccc56)cc4)c4cccc(-c5ccccc5)c4)c3)cc1-2. The number of aryl methyl sites for hydroxylation is 2. The number of anilines is 3. The first-order valence-electron chi connectivity index (χ1n) is 19.2. The van der Waals surface area contributed by atoms with E-state index >= 15 is 0 Å². The number of para-hydroxylation sites is 2. The van der Waals surface area contributed by atoms with Crippen molar-refractivity contribution < 1.29 is 4.42 Å². The van der Waals surface area contributed by atoms with Crippen LogP contribution in [0.1, 0.15) is 36.1 Å². The van der Waals surface area contributed by atoms with E-state index in [0.717, 1.165) is 50.1 Å². The van der Waals surface area contributed by atoms with E-state index in [9.17, 15) is 0 Å². The molecule has 8 aromatic carbocycles. The van der Waals surface area contributed by atoms with Crippen molar-refractivity contribution in [1.82, 2.24) is 0 Å². The van der Waals surface area contributed by atoms with Gasteiger partial charge in [0.2, 0.25) is 0 Å². The van der Waals surface area contributed by atoms with Gasteiger partial charge in [0.1, 0.15) is 11.2 Å². The Morgan fingerprint density at radius 3 is 1.82 bits per heavy atom. The smallest absolute Gasteiger partial charge is 0.143 e. The number of nitrogens with zero attached hydrogens (tertiary/aromatic N) is 1. The molecule has 0 bridgehead atoms. The second kappa shape index (κ2) is 12.7. The van der Waals surface area contributed by atoms with Crippen LogP contribution < -0.4 is 4.90 Å². The van der Waals surface area contributed by atoms with E-state index in [1.807, 2.05) is 12.1 Å². The zero-order chi connectivity index (χ0) is 37.3. The molecule has 1 aliphatic rings. The van der Waals surface area contributed by atoms with Gasteiger partial charge in [-0.2, -0.15) is 0 Å². The molecule has 10 rings (SSSR count). The van der Waals surface area contributed by atoms with Crippen molar-refractivity contribution in [3.63, 3.8) is 0 Å². The highest BCUT2D eigenvalue weighted by molar-refractivity contribution is 6.09. The Labute approximate surface area is 323 Å². The van der Waals surface area contributed by atoms with Gasteiger partial charge < -0.3 is 9.32 Å². The fourth-order valence-electron chi connectivity index (χ4n) is 8.93. The first kappa shape index (κ1) is 33.0. The molecule has 0 aliphatic heterocycles. The highest BCUT2D eigenvalue weighted by atomic mass is 16.3. The van der Waals surface area contributed by atoms with Crippen LogP contribution in [0.2, 0.25) is 0 Å². The lowest BCUT2D eigenvalue weighted by atomic mass is 9.81. The van der Waals surface area contributed by atoms with E-state index in [1.54, 1.807) is 0 Å². The lowest BCUT2D eigenvalue weighted by molar-refractivity contribution is 0.659. The average molecular weight is 708 g/mol. The maximum absolute atomic E-state index is 6.42. The van der Waals surface area contributed by atoms with Gasteiger partial charge in [-0.25, -0.2) is 0 Å². The highest BCUT2D eigenvalue weighted by Crippen LogP contribution is 2.51. The first-order valence-corrected chi connectivity index (χ1v) is 19.2. The van der Waals surface area contributed by atoms with Crippen LogP contribution in [0.25, 0.3) is 66.4 Å². The molecule has 0 N–H and O–H groups in total. The molecule has 2 heteroatoms. The summed E-state index contributed by atoms with van der Waals surface area (Å²) in [6, 6.07) is 63.9. The van der Waals surface area contributed by atoms with Crippen molar-refractivity contribution in [1.29, 1.82) is 0 Å². The Morgan fingerprint density at radius 2 is 1.05 bits per heavy atom. The molecule has 0 radical (unpaired) electrons. The summed E-state index contributed by atoms with van der Waals surface area (Å²) < 4.78 is 6.42. The molecule has 0 atom stereocenters. The van der Waals surface area contributed by atoms with Gasteiger partial charge in [0.25, 0.3) is 0 Å². The molecule has 0 fully saturated rings. The van der Waals surface area contributed by atoms with E-state index in [2.05, 4.69) is 196 Å². The van der Waals surface area contributed by atoms with Gasteiger partial charge in [0.15, 0.2) is 0 Å². The van der Waals surface area contributed by atoms with Gasteiger partial charge in [0.05, 0.1) is 0 Å². The average Bonchev–Trinajstić information content (AvgIpc) is 3.71. The molecule has 0 saturated heterocycles. The van der Waals surface area contributed by atoms with Crippen molar-refractivity contribution >= 4 is 39.0 Å². The molecule has 1 aliphatic carbocycles. The topological polar surface area (TPSA) is 16.4 Å². The van der Waals surface area contributed by atoms with Gasteiger partial charge in [-0.05, 0) is 118 Å². The van der Waals surface area contributed by atoms with E-state index < -0.39 is 0 Å². The number of rotatable bonds is 6. The number of hydrogen-bond acceptors (Lipinski definition) is 2. The molecule has 0 unspecified atom stereocenters. The molecule has 0 saturated carbocycles. The summed E-state index contributed by atoms with van der Waals surface area (Å²) in [5.74, 6) is 0. The summed E-state index contributed by atoms with van der Waals surface area (Å²) in [5, 5.41) is 2.28. The maximum Gasteiger partial charge on any atom is 0.143 e. The maximum atomic E-state index is 6.42. The predicted octanol–water partition coefficient (Wildman–Crippen LogP) is 15.0. The lowest BCUT2D eigenvalue weighted by Crippen LogP contribution is -2.15. The van der Waals surface area contributed by atoms with Crippen molar-refractivity contribution in [2.75, 3.05) is 4.90 Å². The molecular weight excluding hydrogens is 667 g/mol. The molecule has 1 aromatic heterocycles. The van der Waals surface area contributed by atoms with Crippen LogP contribution in [0.15, 0.2) is 180 Å². The molecular formula is C53H41NO. The van der Waals surface area contributed by atoms with E-state index in [0.29, 0.717) is 0 Å². The van der Waals surface area contributed by atoms with Crippen molar-refractivity contribution in [3.8, 4) is 44.5 Å². The number of fused-ring (bicyclic) bond motifs is 6. The summed E-state index contributed by atoms with van der Waals surface area (Å²) in [6.07, 6.45) is 0. The fourth-order valence-corrected chi connectivity index (χ4v) is 8.93. The largest absolute Gasteiger partial charge is 0.455 e. The van der Waals surface area contributed by atoms with E-state index in [-0.39, 0.29) is 5.41 Å². The van der Waals surface area contributed by atoms with Crippen LogP contribution >= 0.6 is 0 Å². The predicted molar refractivity (Wildman–Crippen MR) is 232 cm³/mol. The van der Waals surface area contributed by atoms with Crippen LogP contribution in [0.4, 0.5) is 17.1 Å². The number of benzene rings is 8. The Balaban J connectivity index is 1.09. The highest BCUT2D eigenvalue weighted by Gasteiger charge is 2.36. The normalized spacial score (nSPS) is 12.9. The van der Waals surface area contributed by atoms with E-state index in [1.165, 1.54) is 55.6 Å². The summed E-state index contributed by atoms with van der Waals surface area (Å²) in [7, 11) is 0. The molecule has 264 valence electrons. The van der Waals surface area contributed by atoms with Gasteiger partial charge >= 0.3 is 0 Å². The van der Waals surface area contributed by atoms with Crippen LogP contribution in [0, 0.1) is 13.8 Å². The van der Waals surface area contributed by atoms with Gasteiger partial charge in [-0.3, -0.25) is 0 Å². The van der Waals surface area contributed by atoms with Crippen molar-refractivity contribution in [2.45, 2.75) is 33.1 Å². The molecule has 55 heavy (non-hydrogen) atoms. The summed E-state index contributed by atoms with van der Waals surface area (Å²) in [4.78, 5) is 2.38. The standard InChI is InChI=1S/C53H41NO/c1-34-29-35(2)51-47-33-40(25-28-48(47)53(3,4)49(51)30-34)39-16-11-18-43(32-39)54(42-17-10-15-38(31-42)36-13-6-5-7-14-36)41-26-23-37(24-27-41)44-20-12-21-46-45-19-8-9-22-50(45)55-52(44)46/h5-33H,1-4H3. The first-order chi connectivity index (χ1) is 26.8. The second-order valence-corrected chi connectivity index (χ2v) is 15.5. The summed E-state index contributed by atoms with van der Waals surface area (Å²) in [5.41, 5.74) is 20.3. The molecule has 0 amide bonds. The minimum Gasteiger partial charge on any atom is -0.455 e. The molecule has 9 aromatic rings. The third kappa shape index (κ3) is 5.48. The fraction of sp³-hybridized carbons (Fsp3) is 0.0943. The van der Waals surface area contributed by atoms with Crippen LogP contribution in [-0.2, 0) is 5.41 Å². The van der Waals surface area contributed by atoms with Gasteiger partial charge in [-0.1, -0.05) is 147 Å². The third-order valence-corrected chi connectivity index (χ3v) is 11.6. The van der Waals surface area contributed by atoms with Crippen LogP contribution in [-0.4, -0.2) is 0 Å². The van der Waals surface area contributed by atoms with Crippen LogP contribution in [0.3, 0.4) is 0 Å². The Bertz CT molecular complexity index is 2910. The third-order valence-electron chi connectivity index (χ3n) is 11.6. The minimum absolute atomic E-state index is 0.0372. The Morgan fingerprint density at radius 1 is 0.436 bits per heavy atom. The lowest BCUT2D eigenvalue weighted by Gasteiger charge is -2.27. The van der Waals surface area contributed by atoms with Crippen molar-refractivity contribution in [3.05, 3.63) is 198 Å². The number of hydrogen-bond donors (Lipinski definition) is 0. The van der Waals surface area contributed by atoms with E-state index in [4.69, 9.17) is 4.42 Å². The zero-order valence-corrected chi connectivity index (χ0v) is 31.6. The van der Waals surface area contributed by atoms with Crippen LogP contribution in [0.5, 0.6) is 0 Å². The molecule has 0 spiro atoms. The second-order valence-electron chi connectivity index (χ2n) is 15.5. The monoisotopic (exact) mass is 707 g/mol. The summed E-state index contributed by atoms with van der Waals surface area (Å²) >= 11 is 0. The zero-order valence-electron chi connectivity index (χ0n) is 31.6. The minimum atomic E-state index is -0.0372. The van der Waals surface area contributed by atoms with Gasteiger partial charge in [0, 0.05) is 38.8 Å². The quantitative estimate of drug-likeness (QED) is 0.171. The molecule has 1 heterocycles. The molecule has 2 nitrogen and oxygen atoms in total.